The molecule has 0 unspecified atom stereocenters. The first-order chi connectivity index (χ1) is 18.3. The largest absolute Gasteiger partial charge is 0.507 e. The summed E-state index contributed by atoms with van der Waals surface area (Å²) in [6, 6.07) is 19.5. The van der Waals surface area contributed by atoms with Crippen LogP contribution in [0.25, 0.3) is 5.76 Å². The average Bonchev–Trinajstić information content (AvgIpc) is 3.17. The summed E-state index contributed by atoms with van der Waals surface area (Å²) in [5.41, 5.74) is 2.34. The molecule has 1 fully saturated rings. The van der Waals surface area contributed by atoms with Crippen LogP contribution in [0.2, 0.25) is 0 Å². The van der Waals surface area contributed by atoms with E-state index in [1.165, 1.54) is 36.3 Å². The number of hydrogen-bond acceptors (Lipinski definition) is 7. The van der Waals surface area contributed by atoms with E-state index in [0.29, 0.717) is 42.1 Å². The molecule has 0 spiro atoms. The fourth-order valence-corrected chi connectivity index (χ4v) is 4.49. The van der Waals surface area contributed by atoms with Gasteiger partial charge in [0, 0.05) is 38.0 Å². The minimum absolute atomic E-state index is 0.0673. The Labute approximate surface area is 220 Å². The first kappa shape index (κ1) is 26.6. The van der Waals surface area contributed by atoms with Crippen molar-refractivity contribution < 1.29 is 29.1 Å². The van der Waals surface area contributed by atoms with E-state index in [1.54, 1.807) is 25.1 Å². The number of hydrogen-bond donors (Lipinski definition) is 1. The number of nitro benzene ring substituents is 1. The van der Waals surface area contributed by atoms with Crippen LogP contribution in [0.3, 0.4) is 0 Å². The summed E-state index contributed by atoms with van der Waals surface area (Å²) in [6.07, 6.45) is 0.472. The summed E-state index contributed by atoms with van der Waals surface area (Å²) in [4.78, 5) is 38.2. The van der Waals surface area contributed by atoms with Crippen LogP contribution < -0.4 is 4.74 Å². The molecule has 1 amide bonds. The van der Waals surface area contributed by atoms with Gasteiger partial charge in [0.05, 0.1) is 16.5 Å². The van der Waals surface area contributed by atoms with Crippen molar-refractivity contribution in [2.45, 2.75) is 26.0 Å². The lowest BCUT2D eigenvalue weighted by atomic mass is 9.93. The third kappa shape index (κ3) is 5.57. The van der Waals surface area contributed by atoms with Crippen molar-refractivity contribution >= 4 is 23.1 Å². The Balaban J connectivity index is 1.70. The molecule has 3 aromatic carbocycles. The van der Waals surface area contributed by atoms with Gasteiger partial charge >= 0.3 is 0 Å². The number of Topliss-reactive ketones (excluding diaryl/α,β-unsaturated/α-hetero) is 1. The Morgan fingerprint density at radius 2 is 1.76 bits per heavy atom. The molecule has 0 radical (unpaired) electrons. The SMILES string of the molecule is COCCCN1C(=O)C(=O)C(=C(O)c2ccc(OCc3ccccc3)cc2C)[C@@H]1c1ccc([N+](=O)[O-])cc1. The van der Waals surface area contributed by atoms with Gasteiger partial charge in [0.25, 0.3) is 17.4 Å². The van der Waals surface area contributed by atoms with E-state index >= 15 is 0 Å². The predicted molar refractivity (Wildman–Crippen MR) is 141 cm³/mol. The number of ketones is 1. The van der Waals surface area contributed by atoms with E-state index in [2.05, 4.69) is 0 Å². The molecule has 0 bridgehead atoms. The van der Waals surface area contributed by atoms with E-state index < -0.39 is 22.7 Å². The van der Waals surface area contributed by atoms with E-state index in [9.17, 15) is 24.8 Å². The Morgan fingerprint density at radius 1 is 1.05 bits per heavy atom. The molecule has 1 saturated heterocycles. The molecule has 38 heavy (non-hydrogen) atoms. The van der Waals surface area contributed by atoms with Gasteiger partial charge in [-0.3, -0.25) is 19.7 Å². The fraction of sp³-hybridized carbons (Fsp3) is 0.241. The topological polar surface area (TPSA) is 119 Å². The number of aliphatic hydroxyl groups is 1. The maximum atomic E-state index is 13.2. The third-order valence-electron chi connectivity index (χ3n) is 6.41. The van der Waals surface area contributed by atoms with E-state index in [1.807, 2.05) is 30.3 Å². The molecule has 9 nitrogen and oxygen atoms in total. The third-order valence-corrected chi connectivity index (χ3v) is 6.41. The maximum Gasteiger partial charge on any atom is 0.295 e. The molecule has 196 valence electrons. The van der Waals surface area contributed by atoms with Crippen LogP contribution in [0.5, 0.6) is 5.75 Å². The standard InChI is InChI=1S/C29H28N2O7/c1-19-17-23(38-18-20-7-4-3-5-8-20)13-14-24(19)27(32)25-26(21-9-11-22(12-10-21)31(35)36)30(15-6-16-37-2)29(34)28(25)33/h3-5,7-14,17,26,32H,6,15-16,18H2,1-2H3/t26-/m0/s1. The van der Waals surface area contributed by atoms with Crippen LogP contribution in [0, 0.1) is 17.0 Å². The van der Waals surface area contributed by atoms with Gasteiger partial charge in [-0.25, -0.2) is 0 Å². The summed E-state index contributed by atoms with van der Waals surface area (Å²) in [5, 5.41) is 22.5. The summed E-state index contributed by atoms with van der Waals surface area (Å²) in [5.74, 6) is -1.28. The summed E-state index contributed by atoms with van der Waals surface area (Å²) < 4.78 is 11.0. The Hall–Kier alpha value is -4.50. The lowest BCUT2D eigenvalue weighted by molar-refractivity contribution is -0.384. The number of rotatable bonds is 10. The summed E-state index contributed by atoms with van der Waals surface area (Å²) >= 11 is 0. The number of non-ortho nitro benzene ring substituents is 1. The smallest absolute Gasteiger partial charge is 0.295 e. The Morgan fingerprint density at radius 3 is 2.39 bits per heavy atom. The zero-order valence-electron chi connectivity index (χ0n) is 21.1. The number of nitrogens with zero attached hydrogens (tertiary/aromatic N) is 2. The first-order valence-corrected chi connectivity index (χ1v) is 12.1. The normalized spacial score (nSPS) is 16.6. The van der Waals surface area contributed by atoms with Crippen molar-refractivity contribution in [3.8, 4) is 5.75 Å². The average molecular weight is 517 g/mol. The summed E-state index contributed by atoms with van der Waals surface area (Å²) in [6.45, 7) is 2.74. The number of aryl methyl sites for hydroxylation is 1. The quantitative estimate of drug-likeness (QED) is 0.101. The van der Waals surface area contributed by atoms with Crippen molar-refractivity contribution in [3.63, 3.8) is 0 Å². The molecule has 1 heterocycles. The van der Waals surface area contributed by atoms with Gasteiger partial charge in [0.1, 0.15) is 18.1 Å². The highest BCUT2D eigenvalue weighted by atomic mass is 16.6. The zero-order valence-corrected chi connectivity index (χ0v) is 21.1. The molecule has 4 rings (SSSR count). The number of benzene rings is 3. The van der Waals surface area contributed by atoms with Crippen molar-refractivity contribution in [1.29, 1.82) is 0 Å². The number of amides is 1. The number of carbonyl (C=O) groups is 2. The number of ether oxygens (including phenoxy) is 2. The Kier molecular flexibility index (Phi) is 8.18. The van der Waals surface area contributed by atoms with Gasteiger partial charge < -0.3 is 19.5 Å². The zero-order chi connectivity index (χ0) is 27.2. The first-order valence-electron chi connectivity index (χ1n) is 12.1. The maximum absolute atomic E-state index is 13.2. The van der Waals surface area contributed by atoms with Gasteiger partial charge in [-0.2, -0.15) is 0 Å². The molecule has 0 saturated carbocycles. The number of likely N-dealkylation sites (tertiary alicyclic amines) is 1. The van der Waals surface area contributed by atoms with Crippen molar-refractivity contribution in [2.75, 3.05) is 20.3 Å². The lowest BCUT2D eigenvalue weighted by Gasteiger charge is -2.25. The van der Waals surface area contributed by atoms with Gasteiger partial charge in [0.2, 0.25) is 0 Å². The van der Waals surface area contributed by atoms with Crippen molar-refractivity contribution in [3.05, 3.63) is 111 Å². The van der Waals surface area contributed by atoms with E-state index in [-0.39, 0.29) is 23.6 Å². The highest BCUT2D eigenvalue weighted by molar-refractivity contribution is 6.46. The minimum atomic E-state index is -0.902. The van der Waals surface area contributed by atoms with Crippen molar-refractivity contribution in [1.82, 2.24) is 4.90 Å². The molecule has 0 aromatic heterocycles. The second-order valence-corrected chi connectivity index (χ2v) is 8.94. The van der Waals surface area contributed by atoms with E-state index in [0.717, 1.165) is 5.56 Å². The lowest BCUT2D eigenvalue weighted by Crippen LogP contribution is -2.31. The Bertz CT molecular complexity index is 1370. The number of nitro groups is 1. The number of aliphatic hydroxyl groups excluding tert-OH is 1. The minimum Gasteiger partial charge on any atom is -0.507 e. The fourth-order valence-electron chi connectivity index (χ4n) is 4.49. The van der Waals surface area contributed by atoms with Crippen LogP contribution in [0.15, 0.2) is 78.4 Å². The monoisotopic (exact) mass is 516 g/mol. The highest BCUT2D eigenvalue weighted by Gasteiger charge is 2.46. The molecule has 3 aromatic rings. The van der Waals surface area contributed by atoms with E-state index in [4.69, 9.17) is 9.47 Å². The van der Waals surface area contributed by atoms with Gasteiger partial charge in [-0.15, -0.1) is 0 Å². The predicted octanol–water partition coefficient (Wildman–Crippen LogP) is 4.94. The molecule has 1 atom stereocenters. The molecule has 0 aliphatic carbocycles. The number of carbonyl (C=O) groups excluding carboxylic acids is 2. The van der Waals surface area contributed by atoms with Crippen LogP contribution in [0.1, 0.15) is 34.7 Å². The molecule has 1 aliphatic rings. The number of methoxy groups -OCH3 is 1. The van der Waals surface area contributed by atoms with Gasteiger partial charge in [-0.1, -0.05) is 30.3 Å². The van der Waals surface area contributed by atoms with Crippen LogP contribution in [-0.4, -0.2) is 46.9 Å². The van der Waals surface area contributed by atoms with Crippen LogP contribution in [0.4, 0.5) is 5.69 Å². The summed E-state index contributed by atoms with van der Waals surface area (Å²) in [7, 11) is 1.54. The molecule has 9 heteroatoms. The second kappa shape index (κ2) is 11.7. The molecule has 1 aliphatic heterocycles. The van der Waals surface area contributed by atoms with Gasteiger partial charge in [0.15, 0.2) is 0 Å². The second-order valence-electron chi connectivity index (χ2n) is 8.94. The van der Waals surface area contributed by atoms with Crippen LogP contribution in [-0.2, 0) is 20.9 Å². The molecule has 1 N–H and O–H groups in total. The van der Waals surface area contributed by atoms with Crippen molar-refractivity contribution in [2.24, 2.45) is 0 Å². The highest BCUT2D eigenvalue weighted by Crippen LogP contribution is 2.40. The molecular weight excluding hydrogens is 488 g/mol. The van der Waals surface area contributed by atoms with Gasteiger partial charge in [-0.05, 0) is 60.4 Å². The van der Waals surface area contributed by atoms with Crippen LogP contribution >= 0.6 is 0 Å². The molecular formula is C29H28N2O7.